The van der Waals surface area contributed by atoms with E-state index in [1.807, 2.05) is 0 Å². The minimum Gasteiger partial charge on any atom is -0.457 e. The Hall–Kier alpha value is -6.12. The number of para-hydroxylation sites is 3. The number of rotatable bonds is 3. The number of fused-ring (bicyclic) bond motifs is 12. The molecule has 0 N–H and O–H groups in total. The fourth-order valence-corrected chi connectivity index (χ4v) is 8.21. The van der Waals surface area contributed by atoms with Crippen LogP contribution in [0.15, 0.2) is 176 Å². The predicted molar refractivity (Wildman–Crippen MR) is 194 cm³/mol. The molecule has 1 spiro atoms. The van der Waals surface area contributed by atoms with Gasteiger partial charge in [-0.05, 0) is 80.9 Å². The first kappa shape index (κ1) is 26.1. The molecule has 0 saturated carbocycles. The van der Waals surface area contributed by atoms with Crippen molar-refractivity contribution in [2.24, 2.45) is 0 Å². The second-order valence-electron chi connectivity index (χ2n) is 12.5. The van der Waals surface area contributed by atoms with E-state index < -0.39 is 5.41 Å². The molecule has 2 heteroatoms. The van der Waals surface area contributed by atoms with Crippen molar-refractivity contribution in [2.75, 3.05) is 4.90 Å². The fourth-order valence-electron chi connectivity index (χ4n) is 8.21. The van der Waals surface area contributed by atoms with Crippen molar-refractivity contribution in [1.82, 2.24) is 0 Å². The molecule has 1 aliphatic heterocycles. The van der Waals surface area contributed by atoms with Gasteiger partial charge < -0.3 is 9.64 Å². The zero-order chi connectivity index (χ0) is 31.0. The Morgan fingerprint density at radius 2 is 1.02 bits per heavy atom. The van der Waals surface area contributed by atoms with E-state index in [0.717, 1.165) is 28.6 Å². The summed E-state index contributed by atoms with van der Waals surface area (Å²) in [5.74, 6) is 1.80. The van der Waals surface area contributed by atoms with Gasteiger partial charge in [-0.1, -0.05) is 133 Å². The summed E-state index contributed by atoms with van der Waals surface area (Å²) in [6, 6.07) is 63.7. The van der Waals surface area contributed by atoms with E-state index in [9.17, 15) is 0 Å². The van der Waals surface area contributed by atoms with Crippen LogP contribution in [0, 0.1) is 0 Å². The molecule has 8 aromatic carbocycles. The molecule has 0 bridgehead atoms. The van der Waals surface area contributed by atoms with Crippen LogP contribution in [0.3, 0.4) is 0 Å². The fraction of sp³-hybridized carbons (Fsp3) is 0.0222. The highest BCUT2D eigenvalue weighted by molar-refractivity contribution is 6.15. The minimum absolute atomic E-state index is 0.527. The van der Waals surface area contributed by atoms with Gasteiger partial charge in [0.15, 0.2) is 0 Å². The largest absolute Gasteiger partial charge is 0.457 e. The second kappa shape index (κ2) is 9.94. The van der Waals surface area contributed by atoms with Crippen molar-refractivity contribution in [2.45, 2.75) is 5.41 Å². The van der Waals surface area contributed by atoms with Crippen LogP contribution in [0.2, 0.25) is 0 Å². The smallest absolute Gasteiger partial charge is 0.132 e. The normalized spacial score (nSPS) is 13.4. The Labute approximate surface area is 273 Å². The van der Waals surface area contributed by atoms with Crippen LogP contribution >= 0.6 is 0 Å². The first-order valence-corrected chi connectivity index (χ1v) is 16.2. The van der Waals surface area contributed by atoms with Crippen molar-refractivity contribution < 1.29 is 4.74 Å². The third-order valence-electron chi connectivity index (χ3n) is 10.1. The van der Waals surface area contributed by atoms with Crippen molar-refractivity contribution in [1.29, 1.82) is 0 Å². The number of anilines is 3. The molecule has 0 fully saturated rings. The van der Waals surface area contributed by atoms with Crippen molar-refractivity contribution >= 4 is 38.6 Å². The Bertz CT molecular complexity index is 2470. The third kappa shape index (κ3) is 3.61. The van der Waals surface area contributed by atoms with Crippen molar-refractivity contribution in [3.05, 3.63) is 198 Å². The SMILES string of the molecule is c1ccc(N(c2ccc3c(c2)C2(c4ccccc4Oc4ccccc42)c2ccccc2-3)c2cccc3ccc4ccccc4c23)cc1. The minimum atomic E-state index is -0.527. The summed E-state index contributed by atoms with van der Waals surface area (Å²) in [5.41, 5.74) is 10.3. The van der Waals surface area contributed by atoms with Gasteiger partial charge in [-0.15, -0.1) is 0 Å². The maximum absolute atomic E-state index is 6.59. The van der Waals surface area contributed by atoms with Gasteiger partial charge in [0.25, 0.3) is 0 Å². The third-order valence-corrected chi connectivity index (χ3v) is 10.1. The highest BCUT2D eigenvalue weighted by Crippen LogP contribution is 2.62. The van der Waals surface area contributed by atoms with Crippen LogP contribution in [0.5, 0.6) is 11.5 Å². The van der Waals surface area contributed by atoms with Gasteiger partial charge >= 0.3 is 0 Å². The number of ether oxygens (including phenoxy) is 1. The van der Waals surface area contributed by atoms with Crippen LogP contribution in [-0.2, 0) is 5.41 Å². The van der Waals surface area contributed by atoms with Gasteiger partial charge in [0.05, 0.1) is 11.1 Å². The Morgan fingerprint density at radius 1 is 0.404 bits per heavy atom. The number of hydrogen-bond donors (Lipinski definition) is 0. The van der Waals surface area contributed by atoms with E-state index in [4.69, 9.17) is 4.74 Å². The highest BCUT2D eigenvalue weighted by Gasteiger charge is 2.51. The van der Waals surface area contributed by atoms with E-state index in [-0.39, 0.29) is 0 Å². The maximum Gasteiger partial charge on any atom is 0.132 e. The summed E-state index contributed by atoms with van der Waals surface area (Å²) in [7, 11) is 0. The zero-order valence-corrected chi connectivity index (χ0v) is 25.6. The average molecular weight is 600 g/mol. The Kier molecular flexibility index (Phi) is 5.53. The summed E-state index contributed by atoms with van der Waals surface area (Å²) in [6.07, 6.45) is 0. The summed E-state index contributed by atoms with van der Waals surface area (Å²) in [5, 5.41) is 4.95. The number of nitrogens with zero attached hydrogens (tertiary/aromatic N) is 1. The Balaban J connectivity index is 1.31. The van der Waals surface area contributed by atoms with E-state index >= 15 is 0 Å². The van der Waals surface area contributed by atoms with Gasteiger partial charge in [-0.25, -0.2) is 0 Å². The van der Waals surface area contributed by atoms with Gasteiger partial charge in [0, 0.05) is 27.9 Å². The molecular formula is C45H29NO. The summed E-state index contributed by atoms with van der Waals surface area (Å²) in [4.78, 5) is 2.43. The van der Waals surface area contributed by atoms with Crippen LogP contribution in [0.1, 0.15) is 22.3 Å². The molecule has 0 aromatic heterocycles. The van der Waals surface area contributed by atoms with E-state index in [0.29, 0.717) is 0 Å². The second-order valence-corrected chi connectivity index (χ2v) is 12.5. The van der Waals surface area contributed by atoms with Crippen LogP contribution in [0.4, 0.5) is 17.1 Å². The predicted octanol–water partition coefficient (Wildman–Crippen LogP) is 11.9. The molecule has 0 unspecified atom stereocenters. The van der Waals surface area contributed by atoms with E-state index in [1.165, 1.54) is 54.9 Å². The monoisotopic (exact) mass is 599 g/mol. The Morgan fingerprint density at radius 3 is 1.83 bits per heavy atom. The molecule has 0 atom stereocenters. The van der Waals surface area contributed by atoms with Crippen molar-refractivity contribution in [3.8, 4) is 22.6 Å². The van der Waals surface area contributed by atoms with Crippen LogP contribution < -0.4 is 9.64 Å². The molecule has 0 radical (unpaired) electrons. The molecule has 1 heterocycles. The quantitative estimate of drug-likeness (QED) is 0.187. The molecule has 220 valence electrons. The average Bonchev–Trinajstić information content (AvgIpc) is 3.42. The first-order chi connectivity index (χ1) is 23.3. The summed E-state index contributed by atoms with van der Waals surface area (Å²) in [6.45, 7) is 0. The summed E-state index contributed by atoms with van der Waals surface area (Å²) < 4.78 is 6.59. The standard InChI is InChI=1S/C45H29NO/c1-2-15-32(16-3-1)46(41-22-12-14-31-26-25-30-13-4-5-17-34(30)44(31)41)33-27-28-36-35-18-6-7-19-37(35)45(40(36)29-33)38-20-8-10-23-42(38)47-43-24-11-9-21-39(43)45/h1-29H. The number of benzene rings is 8. The number of hydrogen-bond acceptors (Lipinski definition) is 2. The topological polar surface area (TPSA) is 12.5 Å². The lowest BCUT2D eigenvalue weighted by Gasteiger charge is -2.39. The molecular weight excluding hydrogens is 571 g/mol. The maximum atomic E-state index is 6.59. The van der Waals surface area contributed by atoms with E-state index in [1.54, 1.807) is 0 Å². The van der Waals surface area contributed by atoms with Gasteiger partial charge in [-0.2, -0.15) is 0 Å². The highest BCUT2D eigenvalue weighted by atomic mass is 16.5. The lowest BCUT2D eigenvalue weighted by atomic mass is 9.66. The van der Waals surface area contributed by atoms with Gasteiger partial charge in [0.1, 0.15) is 11.5 Å². The van der Waals surface area contributed by atoms with Crippen LogP contribution in [-0.4, -0.2) is 0 Å². The lowest BCUT2D eigenvalue weighted by molar-refractivity contribution is 0.436. The zero-order valence-electron chi connectivity index (χ0n) is 25.6. The lowest BCUT2D eigenvalue weighted by Crippen LogP contribution is -2.32. The molecule has 0 amide bonds. The molecule has 2 nitrogen and oxygen atoms in total. The van der Waals surface area contributed by atoms with Gasteiger partial charge in [-0.3, -0.25) is 0 Å². The first-order valence-electron chi connectivity index (χ1n) is 16.2. The van der Waals surface area contributed by atoms with E-state index in [2.05, 4.69) is 181 Å². The van der Waals surface area contributed by atoms with Crippen LogP contribution in [0.25, 0.3) is 32.7 Å². The molecule has 47 heavy (non-hydrogen) atoms. The molecule has 2 aliphatic rings. The molecule has 0 saturated heterocycles. The molecule has 8 aromatic rings. The molecule has 1 aliphatic carbocycles. The van der Waals surface area contributed by atoms with Crippen molar-refractivity contribution in [3.63, 3.8) is 0 Å². The van der Waals surface area contributed by atoms with Gasteiger partial charge in [0.2, 0.25) is 0 Å². The summed E-state index contributed by atoms with van der Waals surface area (Å²) >= 11 is 0. The molecule has 10 rings (SSSR count).